The average molecular weight is 230 g/mol. The van der Waals surface area contributed by atoms with Crippen LogP contribution in [0.3, 0.4) is 0 Å². The highest BCUT2D eigenvalue weighted by atomic mass is 16.3. The van der Waals surface area contributed by atoms with Crippen LogP contribution in [0.15, 0.2) is 41.2 Å². The highest BCUT2D eigenvalue weighted by Gasteiger charge is 2.09. The van der Waals surface area contributed by atoms with Gasteiger partial charge >= 0.3 is 0 Å². The fraction of sp³-hybridized carbons (Fsp3) is 0.154. The third-order valence-electron chi connectivity index (χ3n) is 2.65. The van der Waals surface area contributed by atoms with Gasteiger partial charge in [0.2, 0.25) is 0 Å². The zero-order chi connectivity index (χ0) is 12.4. The number of hydrogen-bond acceptors (Lipinski definition) is 3. The number of phenolic OH excluding ortho intramolecular Hbond substituents is 1. The highest BCUT2D eigenvalue weighted by Crippen LogP contribution is 2.28. The Labute approximate surface area is 98.9 Å². The van der Waals surface area contributed by atoms with Crippen LogP contribution in [0.5, 0.6) is 5.75 Å². The normalized spacial score (nSPS) is 10.4. The molecule has 4 nitrogen and oxygen atoms in total. The van der Waals surface area contributed by atoms with Gasteiger partial charge in [0, 0.05) is 23.9 Å². The zero-order valence-corrected chi connectivity index (χ0v) is 9.55. The summed E-state index contributed by atoms with van der Waals surface area (Å²) in [5, 5.41) is 9.81. The maximum Gasteiger partial charge on any atom is 0.253 e. The van der Waals surface area contributed by atoms with E-state index in [1.807, 2.05) is 13.0 Å². The number of nitrogens with zero attached hydrogens (tertiary/aromatic N) is 1. The number of anilines is 1. The topological polar surface area (TPSA) is 68.2 Å². The predicted octanol–water partition coefficient (Wildman–Crippen LogP) is 1.82. The van der Waals surface area contributed by atoms with Gasteiger partial charge in [-0.1, -0.05) is 12.1 Å². The number of phenols is 1. The second-order valence-electron chi connectivity index (χ2n) is 3.77. The molecule has 0 saturated heterocycles. The van der Waals surface area contributed by atoms with Gasteiger partial charge in [0.05, 0.1) is 5.69 Å². The summed E-state index contributed by atoms with van der Waals surface area (Å²) < 4.78 is 1.57. The Morgan fingerprint density at radius 3 is 2.65 bits per heavy atom. The van der Waals surface area contributed by atoms with E-state index in [1.165, 1.54) is 6.07 Å². The summed E-state index contributed by atoms with van der Waals surface area (Å²) in [6, 6.07) is 9.97. The number of nitrogen functional groups attached to an aromatic ring is 1. The molecular weight excluding hydrogens is 216 g/mol. The fourth-order valence-electron chi connectivity index (χ4n) is 1.86. The molecule has 1 aromatic heterocycles. The first-order valence-electron chi connectivity index (χ1n) is 5.42. The maximum atomic E-state index is 11.8. The van der Waals surface area contributed by atoms with Gasteiger partial charge in [-0.25, -0.2) is 0 Å². The Morgan fingerprint density at radius 2 is 2.00 bits per heavy atom. The van der Waals surface area contributed by atoms with Crippen LogP contribution in [0.4, 0.5) is 5.69 Å². The lowest BCUT2D eigenvalue weighted by atomic mass is 10.1. The maximum absolute atomic E-state index is 11.8. The summed E-state index contributed by atoms with van der Waals surface area (Å²) in [5.74, 6) is 0.139. The van der Waals surface area contributed by atoms with Gasteiger partial charge in [-0.05, 0) is 25.1 Å². The number of benzene rings is 1. The van der Waals surface area contributed by atoms with Gasteiger partial charge in [0.1, 0.15) is 5.75 Å². The molecule has 0 spiro atoms. The van der Waals surface area contributed by atoms with Crippen LogP contribution in [-0.2, 0) is 6.54 Å². The largest absolute Gasteiger partial charge is 0.507 e. The second kappa shape index (κ2) is 4.33. The molecule has 0 unspecified atom stereocenters. The third kappa shape index (κ3) is 2.01. The molecule has 0 aliphatic rings. The van der Waals surface area contributed by atoms with Crippen molar-refractivity contribution in [1.82, 2.24) is 4.57 Å². The van der Waals surface area contributed by atoms with Crippen LogP contribution in [0, 0.1) is 0 Å². The number of aromatic hydroxyl groups is 1. The number of nitrogens with two attached hydrogens (primary N) is 1. The number of aromatic nitrogens is 1. The molecule has 0 fully saturated rings. The molecule has 2 aromatic rings. The highest BCUT2D eigenvalue weighted by molar-refractivity contribution is 5.69. The van der Waals surface area contributed by atoms with Crippen LogP contribution in [-0.4, -0.2) is 9.67 Å². The van der Waals surface area contributed by atoms with E-state index in [0.29, 0.717) is 23.5 Å². The summed E-state index contributed by atoms with van der Waals surface area (Å²) in [6.07, 6.45) is 0. The standard InChI is InChI=1S/C13H14N2O2/c1-2-15-11(7-9(14)8-13(15)17)10-5-3-4-6-12(10)16/h3-8,16H,2,14H2,1H3. The predicted molar refractivity (Wildman–Crippen MR) is 67.9 cm³/mol. The van der Waals surface area contributed by atoms with E-state index in [9.17, 15) is 9.90 Å². The van der Waals surface area contributed by atoms with Gasteiger partial charge in [-0.15, -0.1) is 0 Å². The number of pyridine rings is 1. The first kappa shape index (κ1) is 11.3. The van der Waals surface area contributed by atoms with Crippen molar-refractivity contribution >= 4 is 5.69 Å². The monoisotopic (exact) mass is 230 g/mol. The van der Waals surface area contributed by atoms with Crippen molar-refractivity contribution in [2.45, 2.75) is 13.5 Å². The minimum absolute atomic E-state index is 0.139. The lowest BCUT2D eigenvalue weighted by Crippen LogP contribution is -2.20. The molecule has 3 N–H and O–H groups in total. The average Bonchev–Trinajstić information content (AvgIpc) is 2.28. The van der Waals surface area contributed by atoms with E-state index < -0.39 is 0 Å². The summed E-state index contributed by atoms with van der Waals surface area (Å²) >= 11 is 0. The molecule has 0 atom stereocenters. The van der Waals surface area contributed by atoms with E-state index in [2.05, 4.69) is 0 Å². The Bertz CT molecular complexity index is 603. The van der Waals surface area contributed by atoms with Crippen molar-refractivity contribution in [2.24, 2.45) is 0 Å². The third-order valence-corrected chi connectivity index (χ3v) is 2.65. The Kier molecular flexibility index (Phi) is 2.87. The van der Waals surface area contributed by atoms with Crippen LogP contribution in [0.1, 0.15) is 6.92 Å². The van der Waals surface area contributed by atoms with Crippen LogP contribution >= 0.6 is 0 Å². The molecule has 0 bridgehead atoms. The van der Waals surface area contributed by atoms with E-state index >= 15 is 0 Å². The molecule has 2 rings (SSSR count). The summed E-state index contributed by atoms with van der Waals surface area (Å²) in [6.45, 7) is 2.41. The van der Waals surface area contributed by atoms with Crippen molar-refractivity contribution in [3.05, 3.63) is 46.8 Å². The molecule has 88 valence electrons. The van der Waals surface area contributed by atoms with Crippen molar-refractivity contribution in [2.75, 3.05) is 5.73 Å². The lowest BCUT2D eigenvalue weighted by molar-refractivity contribution is 0.476. The lowest BCUT2D eigenvalue weighted by Gasteiger charge is -2.12. The minimum Gasteiger partial charge on any atom is -0.507 e. The SMILES string of the molecule is CCn1c(-c2ccccc2O)cc(N)cc1=O. The second-order valence-corrected chi connectivity index (χ2v) is 3.77. The van der Waals surface area contributed by atoms with Gasteiger partial charge in [-0.2, -0.15) is 0 Å². The Balaban J connectivity index is 2.75. The summed E-state index contributed by atoms with van der Waals surface area (Å²) in [7, 11) is 0. The number of para-hydroxylation sites is 1. The summed E-state index contributed by atoms with van der Waals surface area (Å²) in [5.41, 5.74) is 7.16. The number of rotatable bonds is 2. The van der Waals surface area contributed by atoms with Gasteiger partial charge in [-0.3, -0.25) is 4.79 Å². The Hall–Kier alpha value is -2.23. The van der Waals surface area contributed by atoms with Crippen molar-refractivity contribution in [3.63, 3.8) is 0 Å². The van der Waals surface area contributed by atoms with Crippen molar-refractivity contribution < 1.29 is 5.11 Å². The Morgan fingerprint density at radius 1 is 1.29 bits per heavy atom. The van der Waals surface area contributed by atoms with E-state index in [4.69, 9.17) is 5.73 Å². The molecule has 4 heteroatoms. The van der Waals surface area contributed by atoms with Crippen LogP contribution < -0.4 is 11.3 Å². The molecular formula is C13H14N2O2. The van der Waals surface area contributed by atoms with E-state index in [-0.39, 0.29) is 11.3 Å². The van der Waals surface area contributed by atoms with Crippen molar-refractivity contribution in [1.29, 1.82) is 0 Å². The van der Waals surface area contributed by atoms with Crippen LogP contribution in [0.2, 0.25) is 0 Å². The zero-order valence-electron chi connectivity index (χ0n) is 9.55. The molecule has 0 aliphatic carbocycles. The van der Waals surface area contributed by atoms with Gasteiger partial charge in [0.15, 0.2) is 0 Å². The smallest absolute Gasteiger partial charge is 0.253 e. The summed E-state index contributed by atoms with van der Waals surface area (Å²) in [4.78, 5) is 11.8. The molecule has 0 radical (unpaired) electrons. The van der Waals surface area contributed by atoms with Crippen LogP contribution in [0.25, 0.3) is 11.3 Å². The molecule has 1 aromatic carbocycles. The van der Waals surface area contributed by atoms with Crippen molar-refractivity contribution in [3.8, 4) is 17.0 Å². The molecule has 17 heavy (non-hydrogen) atoms. The van der Waals surface area contributed by atoms with E-state index in [0.717, 1.165) is 0 Å². The molecule has 0 aliphatic heterocycles. The minimum atomic E-state index is -0.161. The fourth-order valence-corrected chi connectivity index (χ4v) is 1.86. The molecule has 0 amide bonds. The molecule has 0 saturated carbocycles. The quantitative estimate of drug-likeness (QED) is 0.826. The first-order valence-corrected chi connectivity index (χ1v) is 5.42. The number of hydrogen-bond donors (Lipinski definition) is 2. The van der Waals surface area contributed by atoms with E-state index in [1.54, 1.807) is 28.8 Å². The molecule has 1 heterocycles. The first-order chi connectivity index (χ1) is 8.13. The van der Waals surface area contributed by atoms with Gasteiger partial charge < -0.3 is 15.4 Å². The van der Waals surface area contributed by atoms with Gasteiger partial charge in [0.25, 0.3) is 5.56 Å².